The third kappa shape index (κ3) is 7.94. The van der Waals surface area contributed by atoms with Crippen molar-refractivity contribution in [3.63, 3.8) is 0 Å². The van der Waals surface area contributed by atoms with Crippen LogP contribution >= 0.6 is 23.3 Å². The minimum Gasteiger partial charge on any atom is -0.102 e. The molecule has 0 fully saturated rings. The van der Waals surface area contributed by atoms with Crippen molar-refractivity contribution < 1.29 is 0 Å². The van der Waals surface area contributed by atoms with Gasteiger partial charge in [0.15, 0.2) is 0 Å². The lowest BCUT2D eigenvalue weighted by atomic mass is 10.1. The van der Waals surface area contributed by atoms with Crippen molar-refractivity contribution >= 4 is 23.3 Å². The molecule has 1 heterocycles. The van der Waals surface area contributed by atoms with E-state index < -0.39 is 0 Å². The zero-order valence-electron chi connectivity index (χ0n) is 12.2. The molecule has 1 unspecified atom stereocenters. The van der Waals surface area contributed by atoms with Gasteiger partial charge in [-0.15, -0.1) is 7.87 Å². The zero-order chi connectivity index (χ0) is 13.1. The number of unbranched alkanes of at least 4 members (excludes halogenated alkanes) is 9. The molecule has 0 nitrogen and oxygen atoms in total. The molecule has 0 aliphatic heterocycles. The Labute approximate surface area is 118 Å². The second-order valence-electron chi connectivity index (χ2n) is 5.32. The minimum absolute atomic E-state index is 1.11. The Morgan fingerprint density at radius 3 is 1.89 bits per heavy atom. The molecular weight excluding hydrogens is 273 g/mol. The average Bonchev–Trinajstić information content (AvgIpc) is 2.77. The second-order valence-corrected chi connectivity index (χ2v) is 10.9. The standard InChI is InChI=1S/C15H29P3/c1-3-4-5-6-7-8-9-10-11-12-13-15-14(2)16-18-17-15/h16H,3-13H2,1-2H3. The predicted octanol–water partition coefficient (Wildman–Crippen LogP) is 7.65. The molecule has 0 saturated carbocycles. The van der Waals surface area contributed by atoms with Gasteiger partial charge in [0.1, 0.15) is 0 Å². The van der Waals surface area contributed by atoms with Gasteiger partial charge in [-0.05, 0) is 45.8 Å². The maximum absolute atomic E-state index is 2.34. The fraction of sp³-hybridized carbons (Fsp3) is 0.867. The molecule has 0 N–H and O–H groups in total. The smallest absolute Gasteiger partial charge is 0.00883 e. The van der Waals surface area contributed by atoms with Gasteiger partial charge in [0, 0.05) is 0 Å². The van der Waals surface area contributed by atoms with Crippen LogP contribution in [0.5, 0.6) is 0 Å². The molecule has 104 valence electrons. The summed E-state index contributed by atoms with van der Waals surface area (Å²) in [6.07, 6.45) is 15.9. The summed E-state index contributed by atoms with van der Waals surface area (Å²) in [6, 6.07) is 0. The van der Waals surface area contributed by atoms with Gasteiger partial charge in [-0.1, -0.05) is 64.7 Å². The van der Waals surface area contributed by atoms with Gasteiger partial charge in [-0.3, -0.25) is 0 Å². The molecule has 1 rings (SSSR count). The van der Waals surface area contributed by atoms with Gasteiger partial charge in [-0.25, -0.2) is 0 Å². The maximum atomic E-state index is 2.34. The summed E-state index contributed by atoms with van der Waals surface area (Å²) < 4.78 is 0. The predicted molar refractivity (Wildman–Crippen MR) is 91.3 cm³/mol. The van der Waals surface area contributed by atoms with Crippen LogP contribution in [0.2, 0.25) is 0 Å². The van der Waals surface area contributed by atoms with Gasteiger partial charge in [0.25, 0.3) is 0 Å². The van der Waals surface area contributed by atoms with Crippen LogP contribution in [0.25, 0.3) is 0 Å². The molecule has 1 atom stereocenters. The van der Waals surface area contributed by atoms with Crippen molar-refractivity contribution in [3.05, 3.63) is 10.6 Å². The molecule has 0 aromatic carbocycles. The molecule has 0 saturated heterocycles. The Hall–Kier alpha value is 0.640. The lowest BCUT2D eigenvalue weighted by Crippen LogP contribution is -1.85. The maximum Gasteiger partial charge on any atom is -0.00883 e. The Bertz CT molecular complexity index is 294. The number of aryl methyl sites for hydroxylation is 2. The first kappa shape index (κ1) is 16.7. The minimum atomic E-state index is 1.11. The molecule has 0 bridgehead atoms. The van der Waals surface area contributed by atoms with E-state index in [1.165, 1.54) is 70.6 Å². The Morgan fingerprint density at radius 1 is 0.833 bits per heavy atom. The van der Waals surface area contributed by atoms with Crippen LogP contribution in [0.15, 0.2) is 0 Å². The van der Waals surface area contributed by atoms with Crippen molar-refractivity contribution in [2.24, 2.45) is 0 Å². The van der Waals surface area contributed by atoms with E-state index in [0.29, 0.717) is 0 Å². The van der Waals surface area contributed by atoms with Gasteiger partial charge in [-0.2, -0.15) is 0 Å². The highest BCUT2D eigenvalue weighted by atomic mass is 32.1. The van der Waals surface area contributed by atoms with Crippen molar-refractivity contribution in [2.75, 3.05) is 0 Å². The van der Waals surface area contributed by atoms with Crippen LogP contribution in [0, 0.1) is 6.92 Å². The van der Waals surface area contributed by atoms with E-state index in [0.717, 1.165) is 7.87 Å². The summed E-state index contributed by atoms with van der Waals surface area (Å²) in [6.45, 7) is 4.64. The Balaban J connectivity index is 1.83. The molecule has 0 spiro atoms. The highest BCUT2D eigenvalue weighted by Crippen LogP contribution is 2.41. The number of hydrogen-bond donors (Lipinski definition) is 0. The van der Waals surface area contributed by atoms with Crippen molar-refractivity contribution in [1.82, 2.24) is 0 Å². The second kappa shape index (κ2) is 11.5. The molecule has 0 radical (unpaired) electrons. The van der Waals surface area contributed by atoms with Gasteiger partial charge < -0.3 is 0 Å². The fourth-order valence-corrected chi connectivity index (χ4v) is 9.19. The first-order chi connectivity index (χ1) is 8.84. The first-order valence-electron chi connectivity index (χ1n) is 7.71. The van der Waals surface area contributed by atoms with E-state index in [-0.39, 0.29) is 0 Å². The molecule has 3 heteroatoms. The summed E-state index contributed by atoms with van der Waals surface area (Å²) in [7, 11) is 4.39. The van der Waals surface area contributed by atoms with Crippen LogP contribution in [0.4, 0.5) is 0 Å². The lowest BCUT2D eigenvalue weighted by Gasteiger charge is -2.02. The topological polar surface area (TPSA) is 0 Å². The van der Waals surface area contributed by atoms with E-state index in [9.17, 15) is 0 Å². The summed E-state index contributed by atoms with van der Waals surface area (Å²) in [5.74, 6) is 0. The quantitative estimate of drug-likeness (QED) is 0.368. The molecule has 0 aliphatic rings. The van der Waals surface area contributed by atoms with Crippen LogP contribution in [-0.2, 0) is 6.42 Å². The van der Waals surface area contributed by atoms with Crippen molar-refractivity contribution in [1.29, 1.82) is 0 Å². The third-order valence-corrected chi connectivity index (χ3v) is 9.57. The van der Waals surface area contributed by atoms with Crippen LogP contribution in [0.1, 0.15) is 81.7 Å². The highest BCUT2D eigenvalue weighted by Gasteiger charge is 1.99. The lowest BCUT2D eigenvalue weighted by molar-refractivity contribution is 0.557. The molecule has 1 aromatic rings. The molecule has 0 aliphatic carbocycles. The molecule has 1 aromatic heterocycles. The van der Waals surface area contributed by atoms with Crippen LogP contribution in [-0.4, -0.2) is 0 Å². The largest absolute Gasteiger partial charge is 0.102 e. The normalized spacial score (nSPS) is 12.3. The monoisotopic (exact) mass is 302 g/mol. The highest BCUT2D eigenvalue weighted by molar-refractivity contribution is 8.17. The number of rotatable bonds is 11. The van der Waals surface area contributed by atoms with E-state index in [2.05, 4.69) is 13.8 Å². The first-order valence-corrected chi connectivity index (χ1v) is 12.0. The average molecular weight is 302 g/mol. The SMILES string of the molecule is CCCCCCCCCCCCc1pp[pH]c1C. The van der Waals surface area contributed by atoms with Crippen molar-refractivity contribution in [2.45, 2.75) is 84.5 Å². The van der Waals surface area contributed by atoms with E-state index in [1.54, 1.807) is 26.0 Å². The summed E-state index contributed by atoms with van der Waals surface area (Å²) in [5.41, 5.74) is 0. The zero-order valence-corrected chi connectivity index (χ0v) is 15.0. The number of hydrogen-bond acceptors (Lipinski definition) is 0. The molecule has 0 amide bonds. The Morgan fingerprint density at radius 2 is 1.39 bits per heavy atom. The van der Waals surface area contributed by atoms with Crippen LogP contribution < -0.4 is 0 Å². The van der Waals surface area contributed by atoms with Gasteiger partial charge >= 0.3 is 0 Å². The fourth-order valence-electron chi connectivity index (χ4n) is 2.32. The van der Waals surface area contributed by atoms with Gasteiger partial charge in [0.2, 0.25) is 0 Å². The van der Waals surface area contributed by atoms with Crippen LogP contribution in [0.3, 0.4) is 0 Å². The molecule has 18 heavy (non-hydrogen) atoms. The van der Waals surface area contributed by atoms with Gasteiger partial charge in [0.05, 0.1) is 0 Å². The van der Waals surface area contributed by atoms with E-state index in [1.807, 2.05) is 0 Å². The summed E-state index contributed by atoms with van der Waals surface area (Å²) in [4.78, 5) is 0. The molecular formula is C15H29P3. The third-order valence-electron chi connectivity index (χ3n) is 3.59. The summed E-state index contributed by atoms with van der Waals surface area (Å²) in [5, 5.41) is 3.49. The van der Waals surface area contributed by atoms with E-state index in [4.69, 9.17) is 0 Å². The van der Waals surface area contributed by atoms with E-state index >= 15 is 0 Å². The van der Waals surface area contributed by atoms with Crippen molar-refractivity contribution in [3.8, 4) is 0 Å². The summed E-state index contributed by atoms with van der Waals surface area (Å²) >= 11 is 0. The Kier molecular flexibility index (Phi) is 10.6.